The van der Waals surface area contributed by atoms with Gasteiger partial charge in [0.25, 0.3) is 0 Å². The Morgan fingerprint density at radius 2 is 1.96 bits per heavy atom. The molecule has 0 aliphatic heterocycles. The summed E-state index contributed by atoms with van der Waals surface area (Å²) in [6.07, 6.45) is 17.5. The van der Waals surface area contributed by atoms with Crippen molar-refractivity contribution in [2.75, 3.05) is 0 Å². The van der Waals surface area contributed by atoms with Gasteiger partial charge in [-0.05, 0) is 93.3 Å². The first-order valence-corrected chi connectivity index (χ1v) is 10.1. The summed E-state index contributed by atoms with van der Waals surface area (Å²) in [5.41, 5.74) is 6.02. The Balaban J connectivity index is 1.72. The molecule has 4 rings (SSSR count). The van der Waals surface area contributed by atoms with Gasteiger partial charge >= 0.3 is 0 Å². The topological polar surface area (TPSA) is 0 Å². The van der Waals surface area contributed by atoms with Crippen LogP contribution < -0.4 is 0 Å². The minimum Gasteiger partial charge on any atom is -0.0958 e. The van der Waals surface area contributed by atoms with Crippen molar-refractivity contribution >= 4 is 0 Å². The van der Waals surface area contributed by atoms with E-state index in [4.69, 9.17) is 0 Å². The van der Waals surface area contributed by atoms with Gasteiger partial charge in [-0.15, -0.1) is 0 Å². The van der Waals surface area contributed by atoms with Crippen molar-refractivity contribution in [2.24, 2.45) is 28.6 Å². The van der Waals surface area contributed by atoms with Crippen molar-refractivity contribution in [3.05, 3.63) is 35.5 Å². The van der Waals surface area contributed by atoms with E-state index >= 15 is 0 Å². The quantitative estimate of drug-likeness (QED) is 0.465. The summed E-state index contributed by atoms with van der Waals surface area (Å²) < 4.78 is 0. The van der Waals surface area contributed by atoms with Gasteiger partial charge in [-0.3, -0.25) is 0 Å². The zero-order chi connectivity index (χ0) is 16.2. The fourth-order valence-corrected chi connectivity index (χ4v) is 7.44. The standard InChI is InChI=1S/C23H34/c1-5-17-8-10-20-19-9-7-18-15-16(3)11-14-23(18,6-2)21(19)12-13-22(17,20)4/h5,15,19-21H,3,6-14H2,1-2,4H3/b17-5-. The van der Waals surface area contributed by atoms with E-state index in [1.54, 1.807) is 11.1 Å². The molecule has 0 aromatic carbocycles. The Hall–Kier alpha value is -0.780. The molecule has 0 spiro atoms. The Bertz CT molecular complexity index is 577. The van der Waals surface area contributed by atoms with Crippen LogP contribution in [0.15, 0.2) is 35.5 Å². The van der Waals surface area contributed by atoms with E-state index in [1.807, 2.05) is 0 Å². The molecule has 0 nitrogen and oxygen atoms in total. The van der Waals surface area contributed by atoms with Crippen LogP contribution in [0.4, 0.5) is 0 Å². The molecule has 3 saturated carbocycles. The summed E-state index contributed by atoms with van der Waals surface area (Å²) in [7, 11) is 0. The summed E-state index contributed by atoms with van der Waals surface area (Å²) in [5, 5.41) is 0. The van der Waals surface area contributed by atoms with Gasteiger partial charge in [0, 0.05) is 0 Å². The maximum absolute atomic E-state index is 4.28. The van der Waals surface area contributed by atoms with Crippen molar-refractivity contribution in [1.82, 2.24) is 0 Å². The van der Waals surface area contributed by atoms with Crippen LogP contribution in [-0.2, 0) is 0 Å². The predicted octanol–water partition coefficient (Wildman–Crippen LogP) is 6.84. The van der Waals surface area contributed by atoms with Crippen LogP contribution in [0.1, 0.15) is 78.6 Å². The average molecular weight is 311 g/mol. The zero-order valence-electron chi connectivity index (χ0n) is 15.5. The van der Waals surface area contributed by atoms with Crippen LogP contribution in [0.5, 0.6) is 0 Å². The van der Waals surface area contributed by atoms with Crippen LogP contribution in [0.25, 0.3) is 0 Å². The Morgan fingerprint density at radius 1 is 1.13 bits per heavy atom. The molecule has 3 fully saturated rings. The summed E-state index contributed by atoms with van der Waals surface area (Å²) >= 11 is 0. The van der Waals surface area contributed by atoms with Crippen molar-refractivity contribution in [2.45, 2.75) is 78.6 Å². The van der Waals surface area contributed by atoms with E-state index < -0.39 is 0 Å². The summed E-state index contributed by atoms with van der Waals surface area (Å²) in [4.78, 5) is 0. The molecule has 0 saturated heterocycles. The molecule has 0 aromatic heterocycles. The van der Waals surface area contributed by atoms with Crippen molar-refractivity contribution in [1.29, 1.82) is 0 Å². The molecule has 0 bridgehead atoms. The highest BCUT2D eigenvalue weighted by Crippen LogP contribution is 2.67. The van der Waals surface area contributed by atoms with Gasteiger partial charge in [-0.1, -0.05) is 49.3 Å². The fraction of sp³-hybridized carbons (Fsp3) is 0.739. The number of fused-ring (bicyclic) bond motifs is 5. The smallest absolute Gasteiger partial charge is 0.00533 e. The summed E-state index contributed by atoms with van der Waals surface area (Å²) in [6.45, 7) is 11.6. The van der Waals surface area contributed by atoms with Gasteiger partial charge in [0.2, 0.25) is 0 Å². The zero-order valence-corrected chi connectivity index (χ0v) is 15.5. The highest BCUT2D eigenvalue weighted by molar-refractivity contribution is 5.35. The number of allylic oxidation sites excluding steroid dienone is 5. The van der Waals surface area contributed by atoms with Crippen molar-refractivity contribution in [3.8, 4) is 0 Å². The van der Waals surface area contributed by atoms with Crippen molar-refractivity contribution in [3.63, 3.8) is 0 Å². The third kappa shape index (κ3) is 2.02. The predicted molar refractivity (Wildman–Crippen MR) is 99.2 cm³/mol. The Kier molecular flexibility index (Phi) is 3.67. The van der Waals surface area contributed by atoms with Gasteiger partial charge in [0.1, 0.15) is 0 Å². The lowest BCUT2D eigenvalue weighted by atomic mass is 9.46. The lowest BCUT2D eigenvalue weighted by Gasteiger charge is -2.58. The molecule has 5 unspecified atom stereocenters. The molecule has 4 aliphatic rings. The summed E-state index contributed by atoms with van der Waals surface area (Å²) in [6, 6.07) is 0. The second-order valence-electron chi connectivity index (χ2n) is 9.06. The van der Waals surface area contributed by atoms with Gasteiger partial charge < -0.3 is 0 Å². The normalized spacial score (nSPS) is 47.8. The monoisotopic (exact) mass is 310 g/mol. The van der Waals surface area contributed by atoms with Gasteiger partial charge in [0.15, 0.2) is 0 Å². The molecule has 0 heterocycles. The molecule has 0 amide bonds. The second kappa shape index (κ2) is 5.36. The fourth-order valence-electron chi connectivity index (χ4n) is 7.44. The molecule has 126 valence electrons. The first kappa shape index (κ1) is 15.7. The van der Waals surface area contributed by atoms with E-state index in [-0.39, 0.29) is 0 Å². The molecule has 0 N–H and O–H groups in total. The van der Waals surface area contributed by atoms with Crippen LogP contribution in [0.3, 0.4) is 0 Å². The highest BCUT2D eigenvalue weighted by atomic mass is 14.6. The molecule has 23 heavy (non-hydrogen) atoms. The average Bonchev–Trinajstić information content (AvgIpc) is 2.90. The van der Waals surface area contributed by atoms with E-state index in [0.717, 1.165) is 17.8 Å². The third-order valence-corrected chi connectivity index (χ3v) is 8.63. The van der Waals surface area contributed by atoms with Gasteiger partial charge in [-0.25, -0.2) is 0 Å². The van der Waals surface area contributed by atoms with E-state index in [9.17, 15) is 0 Å². The van der Waals surface area contributed by atoms with Crippen LogP contribution in [0, 0.1) is 28.6 Å². The van der Waals surface area contributed by atoms with Crippen LogP contribution in [0.2, 0.25) is 0 Å². The van der Waals surface area contributed by atoms with E-state index in [0.29, 0.717) is 10.8 Å². The Labute approximate surface area is 143 Å². The third-order valence-electron chi connectivity index (χ3n) is 8.63. The largest absolute Gasteiger partial charge is 0.0958 e. The lowest BCUT2D eigenvalue weighted by molar-refractivity contribution is -0.0334. The summed E-state index contributed by atoms with van der Waals surface area (Å²) in [5.74, 6) is 2.90. The maximum Gasteiger partial charge on any atom is -0.00533 e. The minimum absolute atomic E-state index is 0.532. The van der Waals surface area contributed by atoms with Gasteiger partial charge in [0.05, 0.1) is 0 Å². The molecule has 0 heteroatoms. The molecular formula is C23H34. The number of hydrogen-bond donors (Lipinski definition) is 0. The number of rotatable bonds is 1. The SMILES string of the molecule is C=C1C=C2CCC3C(CCC4(C)/C(=C\C)CCC34)C2(CC)CC1. The van der Waals surface area contributed by atoms with E-state index in [1.165, 1.54) is 63.4 Å². The molecule has 5 atom stereocenters. The van der Waals surface area contributed by atoms with Gasteiger partial charge in [-0.2, -0.15) is 0 Å². The van der Waals surface area contributed by atoms with Crippen LogP contribution >= 0.6 is 0 Å². The number of hydrogen-bond acceptors (Lipinski definition) is 0. The highest BCUT2D eigenvalue weighted by Gasteiger charge is 2.57. The Morgan fingerprint density at radius 3 is 2.70 bits per heavy atom. The lowest BCUT2D eigenvalue weighted by Crippen LogP contribution is -2.50. The molecule has 4 aliphatic carbocycles. The van der Waals surface area contributed by atoms with Crippen LogP contribution in [-0.4, -0.2) is 0 Å². The molecule has 0 radical (unpaired) electrons. The molecular weight excluding hydrogens is 276 g/mol. The molecule has 0 aromatic rings. The minimum atomic E-state index is 0.532. The first-order chi connectivity index (χ1) is 11.0. The van der Waals surface area contributed by atoms with Crippen molar-refractivity contribution < 1.29 is 0 Å². The second-order valence-corrected chi connectivity index (χ2v) is 9.06. The first-order valence-electron chi connectivity index (χ1n) is 10.1. The van der Waals surface area contributed by atoms with E-state index in [2.05, 4.69) is 39.5 Å². The maximum atomic E-state index is 4.28.